The molecule has 0 aliphatic carbocycles. The van der Waals surface area contributed by atoms with Gasteiger partial charge in [0.1, 0.15) is 0 Å². The number of fused-ring (bicyclic) bond motifs is 2. The van der Waals surface area contributed by atoms with Gasteiger partial charge in [0.15, 0.2) is 0 Å². The monoisotopic (exact) mass is 532 g/mol. The van der Waals surface area contributed by atoms with E-state index in [9.17, 15) is 0 Å². The van der Waals surface area contributed by atoms with Gasteiger partial charge in [0.25, 0.3) is 0 Å². The summed E-state index contributed by atoms with van der Waals surface area (Å²) in [5.74, 6) is 0. The summed E-state index contributed by atoms with van der Waals surface area (Å²) in [6, 6.07) is 50.1. The molecule has 0 fully saturated rings. The summed E-state index contributed by atoms with van der Waals surface area (Å²) in [6.45, 7) is 0. The highest BCUT2D eigenvalue weighted by Gasteiger charge is 2.17. The van der Waals surface area contributed by atoms with E-state index in [1.54, 1.807) is 0 Å². The van der Waals surface area contributed by atoms with Crippen molar-refractivity contribution in [1.82, 2.24) is 9.97 Å². The molecule has 194 valence electrons. The third kappa shape index (κ3) is 3.39. The molecule has 0 atom stereocenters. The lowest BCUT2D eigenvalue weighted by atomic mass is 9.86. The van der Waals surface area contributed by atoms with Crippen LogP contribution in [0.4, 0.5) is 0 Å². The molecular formula is C40H24N2. The van der Waals surface area contributed by atoms with Gasteiger partial charge in [-0.2, -0.15) is 0 Å². The molecule has 0 saturated carbocycles. The maximum atomic E-state index is 5.06. The minimum atomic E-state index is 0.991. The Labute approximate surface area is 242 Å². The van der Waals surface area contributed by atoms with Crippen molar-refractivity contribution in [3.05, 3.63) is 146 Å². The zero-order chi connectivity index (χ0) is 27.6. The number of aromatic nitrogens is 2. The molecule has 0 unspecified atom stereocenters. The molecule has 0 saturated heterocycles. The Morgan fingerprint density at radius 3 is 1.67 bits per heavy atom. The SMILES string of the molecule is c1ccc(-c2ccc(-c3ccc4ccc5c(-c6ccc7ccccc7n6)ccc6ccc3c4c65)c3ccccc23)nc1. The summed E-state index contributed by atoms with van der Waals surface area (Å²) in [7, 11) is 0. The smallest absolute Gasteiger partial charge is 0.0715 e. The third-order valence-corrected chi connectivity index (χ3v) is 8.69. The summed E-state index contributed by atoms with van der Waals surface area (Å²) < 4.78 is 0. The van der Waals surface area contributed by atoms with Gasteiger partial charge < -0.3 is 0 Å². The molecule has 0 aliphatic heterocycles. The van der Waals surface area contributed by atoms with Crippen LogP contribution in [0.2, 0.25) is 0 Å². The van der Waals surface area contributed by atoms with Crippen LogP contribution < -0.4 is 0 Å². The molecule has 2 heterocycles. The van der Waals surface area contributed by atoms with E-state index in [1.165, 1.54) is 59.8 Å². The van der Waals surface area contributed by atoms with Crippen molar-refractivity contribution in [2.24, 2.45) is 0 Å². The molecule has 9 rings (SSSR count). The molecule has 2 aromatic heterocycles. The summed E-state index contributed by atoms with van der Waals surface area (Å²) in [6.07, 6.45) is 1.86. The Bertz CT molecular complexity index is 2460. The summed E-state index contributed by atoms with van der Waals surface area (Å²) in [5.41, 5.74) is 7.81. The fourth-order valence-electron chi connectivity index (χ4n) is 6.75. The Morgan fingerprint density at radius 1 is 0.333 bits per heavy atom. The number of pyridine rings is 2. The van der Waals surface area contributed by atoms with Crippen LogP contribution in [0.1, 0.15) is 0 Å². The fraction of sp³-hybridized carbons (Fsp3) is 0. The molecule has 9 aromatic rings. The molecule has 0 spiro atoms. The van der Waals surface area contributed by atoms with Gasteiger partial charge in [-0.25, -0.2) is 4.98 Å². The van der Waals surface area contributed by atoms with Crippen molar-refractivity contribution >= 4 is 54.0 Å². The van der Waals surface area contributed by atoms with Crippen molar-refractivity contribution in [1.29, 1.82) is 0 Å². The van der Waals surface area contributed by atoms with E-state index < -0.39 is 0 Å². The van der Waals surface area contributed by atoms with Crippen molar-refractivity contribution in [3.8, 4) is 33.6 Å². The maximum absolute atomic E-state index is 5.06. The molecule has 0 aliphatic rings. The van der Waals surface area contributed by atoms with Crippen molar-refractivity contribution < 1.29 is 0 Å². The first-order chi connectivity index (χ1) is 20.8. The van der Waals surface area contributed by atoms with Crippen LogP contribution in [-0.2, 0) is 0 Å². The number of rotatable bonds is 3. The van der Waals surface area contributed by atoms with E-state index in [0.717, 1.165) is 27.9 Å². The average molecular weight is 533 g/mol. The van der Waals surface area contributed by atoms with Gasteiger partial charge in [-0.15, -0.1) is 0 Å². The minimum absolute atomic E-state index is 0.991. The first-order valence-electron chi connectivity index (χ1n) is 14.3. The highest BCUT2D eigenvalue weighted by Crippen LogP contribution is 2.44. The zero-order valence-electron chi connectivity index (χ0n) is 22.8. The van der Waals surface area contributed by atoms with Crippen LogP contribution in [0, 0.1) is 0 Å². The summed E-state index contributed by atoms with van der Waals surface area (Å²) >= 11 is 0. The lowest BCUT2D eigenvalue weighted by molar-refractivity contribution is 1.33. The van der Waals surface area contributed by atoms with Gasteiger partial charge in [0, 0.05) is 22.7 Å². The number of benzene rings is 7. The number of hydrogen-bond acceptors (Lipinski definition) is 2. The van der Waals surface area contributed by atoms with Gasteiger partial charge in [-0.1, -0.05) is 115 Å². The van der Waals surface area contributed by atoms with Gasteiger partial charge >= 0.3 is 0 Å². The zero-order valence-corrected chi connectivity index (χ0v) is 22.8. The Balaban J connectivity index is 1.31. The topological polar surface area (TPSA) is 25.8 Å². The summed E-state index contributed by atoms with van der Waals surface area (Å²) in [5, 5.41) is 11.2. The van der Waals surface area contributed by atoms with E-state index >= 15 is 0 Å². The molecule has 0 N–H and O–H groups in total. The molecule has 2 heteroatoms. The second-order valence-corrected chi connectivity index (χ2v) is 11.0. The second-order valence-electron chi connectivity index (χ2n) is 11.0. The van der Waals surface area contributed by atoms with Crippen LogP contribution in [0.25, 0.3) is 87.6 Å². The predicted molar refractivity (Wildman–Crippen MR) is 177 cm³/mol. The molecule has 0 radical (unpaired) electrons. The lowest BCUT2D eigenvalue weighted by Crippen LogP contribution is -1.92. The number of hydrogen-bond donors (Lipinski definition) is 0. The Morgan fingerprint density at radius 2 is 0.881 bits per heavy atom. The molecule has 7 aromatic carbocycles. The normalized spacial score (nSPS) is 11.8. The van der Waals surface area contributed by atoms with Gasteiger partial charge in [-0.3, -0.25) is 4.98 Å². The first-order valence-corrected chi connectivity index (χ1v) is 14.3. The summed E-state index contributed by atoms with van der Waals surface area (Å²) in [4.78, 5) is 9.71. The van der Waals surface area contributed by atoms with Crippen LogP contribution in [-0.4, -0.2) is 9.97 Å². The predicted octanol–water partition coefficient (Wildman–Crippen LogP) is 10.7. The first kappa shape index (κ1) is 23.1. The quantitative estimate of drug-likeness (QED) is 0.212. The third-order valence-electron chi connectivity index (χ3n) is 8.69. The van der Waals surface area contributed by atoms with Crippen LogP contribution in [0.3, 0.4) is 0 Å². The van der Waals surface area contributed by atoms with E-state index in [1.807, 2.05) is 18.3 Å². The van der Waals surface area contributed by atoms with E-state index in [4.69, 9.17) is 4.98 Å². The highest BCUT2D eigenvalue weighted by atomic mass is 14.7. The van der Waals surface area contributed by atoms with Gasteiger partial charge in [0.2, 0.25) is 0 Å². The largest absolute Gasteiger partial charge is 0.256 e. The number of nitrogens with zero attached hydrogens (tertiary/aromatic N) is 2. The molecule has 2 nitrogen and oxygen atoms in total. The lowest BCUT2D eigenvalue weighted by Gasteiger charge is -2.18. The van der Waals surface area contributed by atoms with Crippen molar-refractivity contribution in [3.63, 3.8) is 0 Å². The standard InChI is InChI=1S/C40H24N2/c1-4-10-36-25(7-1)16-23-38(42-36)33-18-13-27-14-19-34-31(17-12-26-15-20-35(33)40(27)39(26)34)30-21-22-32(37-11-5-6-24-41-37)29-9-3-2-8-28(29)30/h1-24H. The average Bonchev–Trinajstić information content (AvgIpc) is 3.07. The van der Waals surface area contributed by atoms with E-state index in [2.05, 4.69) is 132 Å². The minimum Gasteiger partial charge on any atom is -0.256 e. The molecule has 0 amide bonds. The van der Waals surface area contributed by atoms with Crippen LogP contribution in [0.5, 0.6) is 0 Å². The Hall–Kier alpha value is -5.60. The highest BCUT2D eigenvalue weighted by molar-refractivity contribution is 6.28. The molecule has 42 heavy (non-hydrogen) atoms. The molecular weight excluding hydrogens is 508 g/mol. The Kier molecular flexibility index (Phi) is 4.93. The second kappa shape index (κ2) is 8.95. The number of para-hydroxylation sites is 1. The van der Waals surface area contributed by atoms with E-state index in [-0.39, 0.29) is 0 Å². The van der Waals surface area contributed by atoms with Crippen molar-refractivity contribution in [2.75, 3.05) is 0 Å². The van der Waals surface area contributed by atoms with Gasteiger partial charge in [-0.05, 0) is 78.5 Å². The fourth-order valence-corrected chi connectivity index (χ4v) is 6.75. The maximum Gasteiger partial charge on any atom is 0.0715 e. The van der Waals surface area contributed by atoms with Crippen LogP contribution in [0.15, 0.2) is 146 Å². The van der Waals surface area contributed by atoms with Gasteiger partial charge in [0.05, 0.1) is 16.9 Å². The van der Waals surface area contributed by atoms with Crippen LogP contribution >= 0.6 is 0 Å². The molecule has 0 bridgehead atoms. The van der Waals surface area contributed by atoms with E-state index in [0.29, 0.717) is 0 Å². The van der Waals surface area contributed by atoms with Crippen molar-refractivity contribution in [2.45, 2.75) is 0 Å².